The van der Waals surface area contributed by atoms with Crippen LogP contribution in [0.3, 0.4) is 0 Å². The van der Waals surface area contributed by atoms with Crippen molar-refractivity contribution in [3.8, 4) is 0 Å². The van der Waals surface area contributed by atoms with E-state index in [0.29, 0.717) is 0 Å². The van der Waals surface area contributed by atoms with Crippen molar-refractivity contribution in [3.63, 3.8) is 0 Å². The maximum Gasteiger partial charge on any atom is 0.115 e. The van der Waals surface area contributed by atoms with Crippen molar-refractivity contribution in [2.24, 2.45) is 0 Å². The molecule has 1 aromatic carbocycles. The van der Waals surface area contributed by atoms with Gasteiger partial charge in [0.15, 0.2) is 0 Å². The molecule has 0 saturated heterocycles. The van der Waals surface area contributed by atoms with Crippen LogP contribution in [0.4, 0.5) is 4.39 Å². The number of hydrogen-bond donors (Lipinski definition) is 0. The molecular weight excluding hydrogens is 163 g/mol. The van der Waals surface area contributed by atoms with E-state index >= 15 is 0 Å². The van der Waals surface area contributed by atoms with Crippen LogP contribution in [0.2, 0.25) is 0 Å². The van der Waals surface area contributed by atoms with E-state index in [1.807, 2.05) is 32.9 Å². The van der Waals surface area contributed by atoms with Crippen LogP contribution in [0.25, 0.3) is 5.57 Å². The summed E-state index contributed by atoms with van der Waals surface area (Å²) in [6.45, 7) is 9.44. The van der Waals surface area contributed by atoms with Crippen LogP contribution in [-0.2, 0) is 6.67 Å². The van der Waals surface area contributed by atoms with Gasteiger partial charge in [0.1, 0.15) is 6.67 Å². The molecule has 1 rings (SSSR count). The number of alkyl halides is 1. The molecule has 0 saturated carbocycles. The summed E-state index contributed by atoms with van der Waals surface area (Å²) in [5.74, 6) is 0. The normalized spacial score (nSPS) is 10.2. The molecule has 0 fully saturated rings. The lowest BCUT2D eigenvalue weighted by molar-refractivity contribution is 0.483. The summed E-state index contributed by atoms with van der Waals surface area (Å²) >= 11 is 0. The Hall–Kier alpha value is -1.11. The third-order valence-electron chi connectivity index (χ3n) is 2.50. The van der Waals surface area contributed by atoms with Gasteiger partial charge in [0.2, 0.25) is 0 Å². The number of rotatable bonds is 2. The van der Waals surface area contributed by atoms with Crippen LogP contribution in [0.1, 0.15) is 29.2 Å². The van der Waals surface area contributed by atoms with Gasteiger partial charge >= 0.3 is 0 Å². The minimum absolute atomic E-state index is 0.386. The standard InChI is InChI=1S/C12H15F/c1-8(2)12-6-5-11(7-13)9(3)10(12)4/h5-6H,1,7H2,2-4H3. The van der Waals surface area contributed by atoms with Crippen molar-refractivity contribution in [3.05, 3.63) is 41.0 Å². The zero-order valence-electron chi connectivity index (χ0n) is 8.45. The van der Waals surface area contributed by atoms with E-state index < -0.39 is 0 Å². The largest absolute Gasteiger partial charge is 0.246 e. The van der Waals surface area contributed by atoms with Crippen LogP contribution in [-0.4, -0.2) is 0 Å². The molecule has 0 atom stereocenters. The molecule has 0 aliphatic carbocycles. The van der Waals surface area contributed by atoms with Gasteiger partial charge in [-0.15, -0.1) is 0 Å². The zero-order chi connectivity index (χ0) is 10.0. The summed E-state index contributed by atoms with van der Waals surface area (Å²) in [4.78, 5) is 0. The molecule has 0 aromatic heterocycles. The smallest absolute Gasteiger partial charge is 0.115 e. The fraction of sp³-hybridized carbons (Fsp3) is 0.333. The third-order valence-corrected chi connectivity index (χ3v) is 2.50. The highest BCUT2D eigenvalue weighted by atomic mass is 19.1. The molecule has 0 unspecified atom stereocenters. The highest BCUT2D eigenvalue weighted by Crippen LogP contribution is 2.23. The summed E-state index contributed by atoms with van der Waals surface area (Å²) in [7, 11) is 0. The summed E-state index contributed by atoms with van der Waals surface area (Å²) < 4.78 is 12.5. The van der Waals surface area contributed by atoms with Crippen LogP contribution < -0.4 is 0 Å². The number of halogens is 1. The van der Waals surface area contributed by atoms with Crippen molar-refractivity contribution >= 4 is 5.57 Å². The first-order valence-electron chi connectivity index (χ1n) is 4.39. The van der Waals surface area contributed by atoms with Gasteiger partial charge in [-0.05, 0) is 43.0 Å². The molecule has 0 bridgehead atoms. The quantitative estimate of drug-likeness (QED) is 0.646. The van der Waals surface area contributed by atoms with Gasteiger partial charge in [-0.2, -0.15) is 0 Å². The minimum atomic E-state index is -0.386. The maximum absolute atomic E-state index is 12.5. The van der Waals surface area contributed by atoms with Crippen molar-refractivity contribution in [2.45, 2.75) is 27.4 Å². The van der Waals surface area contributed by atoms with Crippen molar-refractivity contribution in [1.29, 1.82) is 0 Å². The molecule has 13 heavy (non-hydrogen) atoms. The lowest BCUT2D eigenvalue weighted by Gasteiger charge is -2.11. The fourth-order valence-electron chi connectivity index (χ4n) is 1.48. The van der Waals surface area contributed by atoms with Crippen LogP contribution in [0.15, 0.2) is 18.7 Å². The Bertz CT molecular complexity index is 337. The summed E-state index contributed by atoms with van der Waals surface area (Å²) in [6.07, 6.45) is 0. The number of allylic oxidation sites excluding steroid dienone is 1. The Morgan fingerprint density at radius 3 is 2.38 bits per heavy atom. The van der Waals surface area contributed by atoms with E-state index in [9.17, 15) is 4.39 Å². The second-order valence-electron chi connectivity index (χ2n) is 3.44. The van der Waals surface area contributed by atoms with E-state index in [1.165, 1.54) is 0 Å². The fourth-order valence-corrected chi connectivity index (χ4v) is 1.48. The highest BCUT2D eigenvalue weighted by Gasteiger charge is 2.05. The minimum Gasteiger partial charge on any atom is -0.246 e. The van der Waals surface area contributed by atoms with E-state index in [0.717, 1.165) is 27.8 Å². The van der Waals surface area contributed by atoms with Gasteiger partial charge in [0, 0.05) is 0 Å². The monoisotopic (exact) mass is 178 g/mol. The van der Waals surface area contributed by atoms with Gasteiger partial charge in [0.25, 0.3) is 0 Å². The Morgan fingerprint density at radius 2 is 1.92 bits per heavy atom. The second kappa shape index (κ2) is 3.73. The van der Waals surface area contributed by atoms with Crippen LogP contribution in [0, 0.1) is 13.8 Å². The zero-order valence-corrected chi connectivity index (χ0v) is 8.45. The molecule has 0 aliphatic rings. The molecule has 0 N–H and O–H groups in total. The Balaban J connectivity index is 3.31. The van der Waals surface area contributed by atoms with E-state index in [4.69, 9.17) is 0 Å². The van der Waals surface area contributed by atoms with Gasteiger partial charge in [-0.3, -0.25) is 0 Å². The first-order chi connectivity index (χ1) is 6.07. The molecule has 0 heterocycles. The maximum atomic E-state index is 12.5. The van der Waals surface area contributed by atoms with E-state index in [2.05, 4.69) is 6.58 Å². The second-order valence-corrected chi connectivity index (χ2v) is 3.44. The summed E-state index contributed by atoms with van der Waals surface area (Å²) in [6, 6.07) is 3.78. The molecule has 0 aliphatic heterocycles. The molecule has 0 spiro atoms. The Kier molecular flexibility index (Phi) is 2.86. The van der Waals surface area contributed by atoms with Gasteiger partial charge in [-0.1, -0.05) is 24.3 Å². The SMILES string of the molecule is C=C(C)c1ccc(CF)c(C)c1C. The molecule has 0 radical (unpaired) electrons. The lowest BCUT2D eigenvalue weighted by atomic mass is 9.95. The Morgan fingerprint density at radius 1 is 1.31 bits per heavy atom. The van der Waals surface area contributed by atoms with Crippen LogP contribution >= 0.6 is 0 Å². The molecule has 70 valence electrons. The molecular formula is C12H15F. The summed E-state index contributed by atoms with van der Waals surface area (Å²) in [5, 5.41) is 0. The predicted molar refractivity (Wildman–Crippen MR) is 55.4 cm³/mol. The number of hydrogen-bond acceptors (Lipinski definition) is 0. The van der Waals surface area contributed by atoms with Crippen molar-refractivity contribution < 1.29 is 4.39 Å². The third kappa shape index (κ3) is 1.80. The first-order valence-corrected chi connectivity index (χ1v) is 4.39. The van der Waals surface area contributed by atoms with Gasteiger partial charge < -0.3 is 0 Å². The molecule has 1 aromatic rings. The lowest BCUT2D eigenvalue weighted by Crippen LogP contribution is -1.94. The van der Waals surface area contributed by atoms with Crippen molar-refractivity contribution in [2.75, 3.05) is 0 Å². The number of benzene rings is 1. The van der Waals surface area contributed by atoms with E-state index in [1.54, 1.807) is 0 Å². The van der Waals surface area contributed by atoms with Gasteiger partial charge in [0.05, 0.1) is 0 Å². The summed E-state index contributed by atoms with van der Waals surface area (Å²) in [5.41, 5.74) is 5.13. The van der Waals surface area contributed by atoms with Gasteiger partial charge in [-0.25, -0.2) is 4.39 Å². The first kappa shape index (κ1) is 9.97. The van der Waals surface area contributed by atoms with E-state index in [-0.39, 0.29) is 6.67 Å². The highest BCUT2D eigenvalue weighted by molar-refractivity contribution is 5.66. The molecule has 0 nitrogen and oxygen atoms in total. The average Bonchev–Trinajstić information content (AvgIpc) is 2.09. The topological polar surface area (TPSA) is 0 Å². The average molecular weight is 178 g/mol. The Labute approximate surface area is 79.1 Å². The molecule has 1 heteroatoms. The molecule has 0 amide bonds. The van der Waals surface area contributed by atoms with Crippen molar-refractivity contribution in [1.82, 2.24) is 0 Å². The van der Waals surface area contributed by atoms with Crippen LogP contribution in [0.5, 0.6) is 0 Å². The predicted octanol–water partition coefficient (Wildman–Crippen LogP) is 3.81.